The van der Waals surface area contributed by atoms with Gasteiger partial charge in [0, 0.05) is 5.57 Å². The van der Waals surface area contributed by atoms with Gasteiger partial charge in [0.1, 0.15) is 0 Å². The number of rotatable bonds is 14. The Morgan fingerprint density at radius 2 is 1.10 bits per heavy atom. The fourth-order valence-corrected chi connectivity index (χ4v) is 2.38. The monoisotopic (exact) mass is 480 g/mol. The quantitative estimate of drug-likeness (QED) is 0.110. The number of carbonyl (C=O) groups excluding carboxylic acids is 1. The Balaban J connectivity index is 4.95. The molecule has 0 aromatic carbocycles. The van der Waals surface area contributed by atoms with Gasteiger partial charge in [-0.1, -0.05) is 58.4 Å². The molecule has 0 aliphatic heterocycles. The predicted octanol–water partition coefficient (Wildman–Crippen LogP) is 7.68. The van der Waals surface area contributed by atoms with Gasteiger partial charge in [-0.2, -0.15) is 48.3 Å². The van der Waals surface area contributed by atoms with Crippen molar-refractivity contribution in [1.82, 2.24) is 0 Å². The second-order valence-electron chi connectivity index (χ2n) is 6.96. The third-order valence-electron chi connectivity index (χ3n) is 4.35. The van der Waals surface area contributed by atoms with Crippen molar-refractivity contribution in [2.75, 3.05) is 0 Å². The largest absolute Gasteiger partial charge is 0.473 e. The SMILES string of the molecule is C=C(CCCCCCCCCC)C(=O)OC(F)(F)C(F)(F)C(F)(F)C(F)(F)C(F)(F)F. The second kappa shape index (κ2) is 10.8. The van der Waals surface area contributed by atoms with Crippen LogP contribution in [0.3, 0.4) is 0 Å². The lowest BCUT2D eigenvalue weighted by Gasteiger charge is -2.36. The predicted molar refractivity (Wildman–Crippen MR) is 88.3 cm³/mol. The highest BCUT2D eigenvalue weighted by atomic mass is 19.4. The van der Waals surface area contributed by atoms with Gasteiger partial charge in [-0.25, -0.2) is 4.79 Å². The molecule has 0 radical (unpaired) electrons. The van der Waals surface area contributed by atoms with Crippen LogP contribution in [0.1, 0.15) is 64.7 Å². The lowest BCUT2D eigenvalue weighted by atomic mass is 10.0. The Bertz CT molecular complexity index is 598. The lowest BCUT2D eigenvalue weighted by Crippen LogP contribution is -2.67. The number of alkyl halides is 11. The topological polar surface area (TPSA) is 26.3 Å². The van der Waals surface area contributed by atoms with E-state index in [0.29, 0.717) is 12.8 Å². The van der Waals surface area contributed by atoms with E-state index < -0.39 is 41.6 Å². The summed E-state index contributed by atoms with van der Waals surface area (Å²) in [6.45, 7) is 4.98. The summed E-state index contributed by atoms with van der Waals surface area (Å²) in [5.41, 5.74) is -0.854. The maximum Gasteiger partial charge on any atom is 0.473 e. The van der Waals surface area contributed by atoms with Gasteiger partial charge in [0.15, 0.2) is 0 Å². The van der Waals surface area contributed by atoms with Crippen LogP contribution in [0, 0.1) is 0 Å². The number of esters is 1. The third kappa shape index (κ3) is 6.96. The molecule has 0 spiro atoms. The van der Waals surface area contributed by atoms with Crippen LogP contribution in [-0.2, 0) is 9.53 Å². The van der Waals surface area contributed by atoms with Gasteiger partial charge < -0.3 is 4.74 Å². The van der Waals surface area contributed by atoms with Gasteiger partial charge in [-0.05, 0) is 12.8 Å². The summed E-state index contributed by atoms with van der Waals surface area (Å²) in [7, 11) is 0. The van der Waals surface area contributed by atoms with Gasteiger partial charge in [0.2, 0.25) is 0 Å². The zero-order valence-electron chi connectivity index (χ0n) is 16.5. The van der Waals surface area contributed by atoms with Crippen molar-refractivity contribution >= 4 is 5.97 Å². The van der Waals surface area contributed by atoms with Crippen LogP contribution < -0.4 is 0 Å². The minimum Gasteiger partial charge on any atom is -0.393 e. The molecule has 0 heterocycles. The average molecular weight is 480 g/mol. The van der Waals surface area contributed by atoms with Crippen molar-refractivity contribution < 1.29 is 57.8 Å². The lowest BCUT2D eigenvalue weighted by molar-refractivity contribution is -0.449. The maximum atomic E-state index is 13.4. The van der Waals surface area contributed by atoms with Crippen molar-refractivity contribution in [3.8, 4) is 0 Å². The molecule has 184 valence electrons. The number of carbonyl (C=O) groups is 1. The Hall–Kier alpha value is -1.56. The van der Waals surface area contributed by atoms with E-state index in [1.54, 1.807) is 0 Å². The minimum atomic E-state index is -7.62. The number of hydrogen-bond acceptors (Lipinski definition) is 2. The summed E-state index contributed by atoms with van der Waals surface area (Å²) in [6, 6.07) is 0. The van der Waals surface area contributed by atoms with Gasteiger partial charge >= 0.3 is 36.0 Å². The van der Waals surface area contributed by atoms with E-state index in [4.69, 9.17) is 0 Å². The summed E-state index contributed by atoms with van der Waals surface area (Å²) in [5, 5.41) is 0. The van der Waals surface area contributed by atoms with E-state index in [2.05, 4.69) is 11.3 Å². The van der Waals surface area contributed by atoms with E-state index in [0.717, 1.165) is 32.1 Å². The highest BCUT2D eigenvalue weighted by Gasteiger charge is 2.88. The highest BCUT2D eigenvalue weighted by Crippen LogP contribution is 2.57. The van der Waals surface area contributed by atoms with Crippen LogP contribution in [0.5, 0.6) is 0 Å². The number of ether oxygens (including phenoxy) is 1. The van der Waals surface area contributed by atoms with Crippen LogP contribution in [0.15, 0.2) is 12.2 Å². The normalized spacial score (nSPS) is 13.9. The first-order valence-corrected chi connectivity index (χ1v) is 9.36. The first kappa shape index (κ1) is 29.4. The van der Waals surface area contributed by atoms with Crippen molar-refractivity contribution in [2.24, 2.45) is 0 Å². The summed E-state index contributed by atoms with van der Waals surface area (Å²) in [4.78, 5) is 11.4. The standard InChI is InChI=1S/C18H23F11O2/c1-3-4-5-6-7-8-9-10-11-12(2)13(30)31-18(28,29)16(23,24)14(19,20)15(21,22)17(25,26)27/h2-11H2,1H3. The van der Waals surface area contributed by atoms with Crippen LogP contribution in [0.4, 0.5) is 48.3 Å². The fourth-order valence-electron chi connectivity index (χ4n) is 2.38. The molecular weight excluding hydrogens is 457 g/mol. The third-order valence-corrected chi connectivity index (χ3v) is 4.35. The number of hydrogen-bond donors (Lipinski definition) is 0. The molecule has 0 aliphatic rings. The molecule has 0 rings (SSSR count). The Kier molecular flexibility index (Phi) is 10.3. The van der Waals surface area contributed by atoms with E-state index in [1.807, 2.05) is 6.92 Å². The Labute approximate surface area is 171 Å². The van der Waals surface area contributed by atoms with Crippen molar-refractivity contribution in [3.05, 3.63) is 12.2 Å². The molecule has 0 aliphatic carbocycles. The average Bonchev–Trinajstić information content (AvgIpc) is 2.61. The molecule has 31 heavy (non-hydrogen) atoms. The van der Waals surface area contributed by atoms with E-state index in [9.17, 15) is 53.1 Å². The van der Waals surface area contributed by atoms with Crippen LogP contribution >= 0.6 is 0 Å². The fraction of sp³-hybridized carbons (Fsp3) is 0.833. The van der Waals surface area contributed by atoms with Crippen molar-refractivity contribution in [3.63, 3.8) is 0 Å². The van der Waals surface area contributed by atoms with Crippen LogP contribution in [0.25, 0.3) is 0 Å². The Morgan fingerprint density at radius 1 is 0.677 bits per heavy atom. The maximum absolute atomic E-state index is 13.4. The van der Waals surface area contributed by atoms with Crippen LogP contribution in [0.2, 0.25) is 0 Å². The van der Waals surface area contributed by atoms with Gasteiger partial charge in [0.05, 0.1) is 0 Å². The zero-order valence-corrected chi connectivity index (χ0v) is 16.5. The molecule has 0 fully saturated rings. The molecule has 0 amide bonds. The molecule has 0 aromatic heterocycles. The van der Waals surface area contributed by atoms with Crippen LogP contribution in [-0.4, -0.2) is 36.0 Å². The van der Waals surface area contributed by atoms with Gasteiger partial charge in [-0.3, -0.25) is 0 Å². The molecule has 0 atom stereocenters. The van der Waals surface area contributed by atoms with Crippen molar-refractivity contribution in [2.45, 2.75) is 94.8 Å². The molecule has 0 saturated heterocycles. The van der Waals surface area contributed by atoms with E-state index in [-0.39, 0.29) is 12.8 Å². The molecule has 0 saturated carbocycles. The molecule has 0 bridgehead atoms. The zero-order chi connectivity index (χ0) is 24.7. The Morgan fingerprint density at radius 3 is 1.52 bits per heavy atom. The van der Waals surface area contributed by atoms with E-state index in [1.165, 1.54) is 0 Å². The van der Waals surface area contributed by atoms with E-state index >= 15 is 0 Å². The number of unbranched alkanes of at least 4 members (excludes halogenated alkanes) is 7. The first-order chi connectivity index (χ1) is 13.9. The molecular formula is C18H23F11O2. The molecule has 13 heteroatoms. The van der Waals surface area contributed by atoms with Gasteiger partial charge in [-0.15, -0.1) is 0 Å². The molecule has 0 unspecified atom stereocenters. The number of halogens is 11. The molecule has 2 nitrogen and oxygen atoms in total. The minimum absolute atomic E-state index is 0.173. The smallest absolute Gasteiger partial charge is 0.393 e. The summed E-state index contributed by atoms with van der Waals surface area (Å²) in [5.74, 6) is -24.9. The van der Waals surface area contributed by atoms with Gasteiger partial charge in [0.25, 0.3) is 0 Å². The summed E-state index contributed by atoms with van der Waals surface area (Å²) < 4.78 is 144. The van der Waals surface area contributed by atoms with Crippen molar-refractivity contribution in [1.29, 1.82) is 0 Å². The first-order valence-electron chi connectivity index (χ1n) is 9.36. The molecule has 0 aromatic rings. The summed E-state index contributed by atoms with van der Waals surface area (Å²) in [6.07, 6.45) is -8.09. The summed E-state index contributed by atoms with van der Waals surface area (Å²) >= 11 is 0. The second-order valence-corrected chi connectivity index (χ2v) is 6.96. The highest BCUT2D eigenvalue weighted by molar-refractivity contribution is 5.87. The molecule has 0 N–H and O–H groups in total.